The molecule has 80 valence electrons. The summed E-state index contributed by atoms with van der Waals surface area (Å²) in [7, 11) is 0. The number of hydrogen-bond acceptors (Lipinski definition) is 0. The van der Waals surface area contributed by atoms with Crippen molar-refractivity contribution in [3.63, 3.8) is 0 Å². The summed E-state index contributed by atoms with van der Waals surface area (Å²) in [6.07, 6.45) is 6.90. The first-order valence-corrected chi connectivity index (χ1v) is 6.01. The topological polar surface area (TPSA) is 0 Å². The predicted molar refractivity (Wildman–Crippen MR) is 72.5 cm³/mol. The normalized spacial score (nSPS) is 19.3. The van der Waals surface area contributed by atoms with Gasteiger partial charge in [0, 0.05) is 5.92 Å². The highest BCUT2D eigenvalue weighted by molar-refractivity contribution is 5.97. The Morgan fingerprint density at radius 2 is 1.53 bits per heavy atom. The highest BCUT2D eigenvalue weighted by atomic mass is 14.3. The standard InChI is InChI=1S/C17H12/c1-3-7-14-12(5-1)9-10-16-15-8-4-2-6-13(15)11-17(14)16/h1-11,16H. The van der Waals surface area contributed by atoms with Gasteiger partial charge in [-0.25, -0.2) is 0 Å². The second kappa shape index (κ2) is 3.21. The van der Waals surface area contributed by atoms with Crippen molar-refractivity contribution in [2.75, 3.05) is 0 Å². The molecule has 0 aromatic heterocycles. The van der Waals surface area contributed by atoms with E-state index >= 15 is 0 Å². The summed E-state index contributed by atoms with van der Waals surface area (Å²) in [5.74, 6) is 0.459. The van der Waals surface area contributed by atoms with Crippen molar-refractivity contribution in [2.24, 2.45) is 0 Å². The van der Waals surface area contributed by atoms with Gasteiger partial charge in [0.25, 0.3) is 0 Å². The summed E-state index contributed by atoms with van der Waals surface area (Å²) >= 11 is 0. The molecular weight excluding hydrogens is 204 g/mol. The molecule has 0 radical (unpaired) electrons. The molecule has 0 nitrogen and oxygen atoms in total. The number of hydrogen-bond donors (Lipinski definition) is 0. The van der Waals surface area contributed by atoms with Crippen molar-refractivity contribution in [1.29, 1.82) is 0 Å². The molecule has 0 saturated heterocycles. The van der Waals surface area contributed by atoms with E-state index in [2.05, 4.69) is 66.8 Å². The van der Waals surface area contributed by atoms with Gasteiger partial charge in [0.1, 0.15) is 0 Å². The Bertz CT molecular complexity index is 659. The van der Waals surface area contributed by atoms with Crippen LogP contribution in [-0.4, -0.2) is 0 Å². The molecule has 0 N–H and O–H groups in total. The van der Waals surface area contributed by atoms with Crippen LogP contribution in [0.2, 0.25) is 0 Å². The van der Waals surface area contributed by atoms with Crippen LogP contribution in [0.3, 0.4) is 0 Å². The molecule has 2 aromatic carbocycles. The second-order valence-corrected chi connectivity index (χ2v) is 4.65. The number of fused-ring (bicyclic) bond motifs is 5. The molecule has 1 atom stereocenters. The Labute approximate surface area is 101 Å². The Balaban J connectivity index is 1.98. The van der Waals surface area contributed by atoms with Crippen molar-refractivity contribution in [3.8, 4) is 0 Å². The third-order valence-corrected chi connectivity index (χ3v) is 3.72. The summed E-state index contributed by atoms with van der Waals surface area (Å²) in [5, 5.41) is 0. The van der Waals surface area contributed by atoms with Crippen molar-refractivity contribution in [1.82, 2.24) is 0 Å². The van der Waals surface area contributed by atoms with Crippen LogP contribution in [0.15, 0.2) is 54.6 Å². The summed E-state index contributed by atoms with van der Waals surface area (Å²) in [4.78, 5) is 0. The van der Waals surface area contributed by atoms with Gasteiger partial charge in [0.15, 0.2) is 0 Å². The van der Waals surface area contributed by atoms with Gasteiger partial charge < -0.3 is 0 Å². The van der Waals surface area contributed by atoms with Crippen molar-refractivity contribution in [2.45, 2.75) is 5.92 Å². The van der Waals surface area contributed by atoms with Gasteiger partial charge in [0.05, 0.1) is 0 Å². The van der Waals surface area contributed by atoms with Crippen molar-refractivity contribution < 1.29 is 0 Å². The monoisotopic (exact) mass is 216 g/mol. The van der Waals surface area contributed by atoms with E-state index < -0.39 is 0 Å². The summed E-state index contributed by atoms with van der Waals surface area (Å²) in [6.45, 7) is 0. The van der Waals surface area contributed by atoms with Gasteiger partial charge in [-0.1, -0.05) is 60.7 Å². The average Bonchev–Trinajstić information content (AvgIpc) is 2.78. The molecule has 2 aliphatic rings. The molecule has 0 heteroatoms. The minimum atomic E-state index is 0.459. The molecule has 0 bridgehead atoms. The zero-order valence-electron chi connectivity index (χ0n) is 9.43. The molecular formula is C17H12. The van der Waals surface area contributed by atoms with Crippen molar-refractivity contribution in [3.05, 3.63) is 76.9 Å². The lowest BCUT2D eigenvalue weighted by Crippen LogP contribution is -2.00. The largest absolute Gasteiger partial charge is 0.0720 e. The first-order chi connectivity index (χ1) is 8.43. The lowest BCUT2D eigenvalue weighted by atomic mass is 9.84. The zero-order chi connectivity index (χ0) is 11.2. The fourth-order valence-corrected chi connectivity index (χ4v) is 2.91. The van der Waals surface area contributed by atoms with Crippen LogP contribution >= 0.6 is 0 Å². The molecule has 2 aliphatic carbocycles. The highest BCUT2D eigenvalue weighted by Gasteiger charge is 2.26. The first-order valence-electron chi connectivity index (χ1n) is 6.01. The molecule has 17 heavy (non-hydrogen) atoms. The lowest BCUT2D eigenvalue weighted by Gasteiger charge is -2.19. The number of allylic oxidation sites excluding steroid dienone is 2. The second-order valence-electron chi connectivity index (χ2n) is 4.65. The van der Waals surface area contributed by atoms with Crippen LogP contribution in [-0.2, 0) is 0 Å². The van der Waals surface area contributed by atoms with E-state index in [0.717, 1.165) is 0 Å². The molecule has 1 unspecified atom stereocenters. The van der Waals surface area contributed by atoms with Gasteiger partial charge in [-0.05, 0) is 33.9 Å². The average molecular weight is 216 g/mol. The maximum Gasteiger partial charge on any atom is 0.0285 e. The van der Waals surface area contributed by atoms with E-state index in [4.69, 9.17) is 0 Å². The summed E-state index contributed by atoms with van der Waals surface area (Å²) in [5.41, 5.74) is 6.98. The molecule has 0 spiro atoms. The number of rotatable bonds is 0. The Morgan fingerprint density at radius 3 is 2.47 bits per heavy atom. The Morgan fingerprint density at radius 1 is 0.765 bits per heavy atom. The van der Waals surface area contributed by atoms with E-state index in [1.54, 1.807) is 0 Å². The Hall–Kier alpha value is -2.08. The smallest absolute Gasteiger partial charge is 0.0285 e. The predicted octanol–water partition coefficient (Wildman–Crippen LogP) is 4.35. The SMILES string of the molecule is C1=CC2C(=Cc3ccccc32)c2ccccc21. The molecule has 4 rings (SSSR count). The fraction of sp³-hybridized carbons (Fsp3) is 0.0588. The van der Waals surface area contributed by atoms with E-state index in [1.165, 1.54) is 27.8 Å². The van der Waals surface area contributed by atoms with Crippen LogP contribution < -0.4 is 0 Å². The molecule has 0 saturated carbocycles. The zero-order valence-corrected chi connectivity index (χ0v) is 9.43. The van der Waals surface area contributed by atoms with Crippen LogP contribution in [0.4, 0.5) is 0 Å². The van der Waals surface area contributed by atoms with E-state index in [-0.39, 0.29) is 0 Å². The Kier molecular flexibility index (Phi) is 1.70. The van der Waals surface area contributed by atoms with Crippen LogP contribution in [0.1, 0.15) is 28.2 Å². The number of benzene rings is 2. The first kappa shape index (κ1) is 9.00. The molecule has 0 aliphatic heterocycles. The molecule has 2 aromatic rings. The van der Waals surface area contributed by atoms with Crippen LogP contribution in [0.5, 0.6) is 0 Å². The van der Waals surface area contributed by atoms with E-state index in [1.807, 2.05) is 0 Å². The summed E-state index contributed by atoms with van der Waals surface area (Å²) in [6, 6.07) is 17.3. The lowest BCUT2D eigenvalue weighted by molar-refractivity contribution is 1.12. The quantitative estimate of drug-likeness (QED) is 0.614. The van der Waals surface area contributed by atoms with Gasteiger partial charge in [-0.3, -0.25) is 0 Å². The van der Waals surface area contributed by atoms with Gasteiger partial charge >= 0.3 is 0 Å². The third kappa shape index (κ3) is 1.18. The van der Waals surface area contributed by atoms with Gasteiger partial charge in [-0.15, -0.1) is 0 Å². The van der Waals surface area contributed by atoms with E-state index in [0.29, 0.717) is 5.92 Å². The van der Waals surface area contributed by atoms with E-state index in [9.17, 15) is 0 Å². The molecule has 0 fully saturated rings. The maximum atomic E-state index is 2.34. The summed E-state index contributed by atoms with van der Waals surface area (Å²) < 4.78 is 0. The fourth-order valence-electron chi connectivity index (χ4n) is 2.91. The minimum Gasteiger partial charge on any atom is -0.0720 e. The van der Waals surface area contributed by atoms with Crippen molar-refractivity contribution >= 4 is 17.7 Å². The van der Waals surface area contributed by atoms with Crippen LogP contribution in [0.25, 0.3) is 17.7 Å². The molecule has 0 heterocycles. The maximum absolute atomic E-state index is 2.34. The minimum absolute atomic E-state index is 0.459. The highest BCUT2D eigenvalue weighted by Crippen LogP contribution is 2.46. The van der Waals surface area contributed by atoms with Gasteiger partial charge in [0.2, 0.25) is 0 Å². The third-order valence-electron chi connectivity index (χ3n) is 3.72. The molecule has 0 amide bonds. The van der Waals surface area contributed by atoms with Crippen LogP contribution in [0, 0.1) is 0 Å². The van der Waals surface area contributed by atoms with Gasteiger partial charge in [-0.2, -0.15) is 0 Å².